The number of carbonyl (C=O) groups is 1. The van der Waals surface area contributed by atoms with Gasteiger partial charge in [0.15, 0.2) is 0 Å². The second-order valence-corrected chi connectivity index (χ2v) is 2.93. The van der Waals surface area contributed by atoms with E-state index in [0.717, 1.165) is 6.08 Å². The summed E-state index contributed by atoms with van der Waals surface area (Å²) in [7, 11) is 0. The zero-order valence-corrected chi connectivity index (χ0v) is 9.60. The van der Waals surface area contributed by atoms with Crippen molar-refractivity contribution in [1.29, 1.82) is 0 Å². The molecule has 0 radical (unpaired) electrons. The van der Waals surface area contributed by atoms with Crippen LogP contribution in [0.15, 0.2) is 40.9 Å². The van der Waals surface area contributed by atoms with Gasteiger partial charge in [-0.05, 0) is 6.92 Å². The summed E-state index contributed by atoms with van der Waals surface area (Å²) in [6.45, 7) is 5.56. The van der Waals surface area contributed by atoms with Gasteiger partial charge in [0.2, 0.25) is 0 Å². The summed E-state index contributed by atoms with van der Waals surface area (Å²) in [4.78, 5) is 14.5. The van der Waals surface area contributed by atoms with Crippen molar-refractivity contribution >= 4 is 12.1 Å². The van der Waals surface area contributed by atoms with Crippen LogP contribution in [-0.4, -0.2) is 23.9 Å². The predicted octanol–water partition coefficient (Wildman–Crippen LogP) is -0.671. The third-order valence-corrected chi connectivity index (χ3v) is 1.62. The largest absolute Gasteiger partial charge is 0.397 e. The molecule has 0 saturated heterocycles. The third-order valence-electron chi connectivity index (χ3n) is 1.62. The van der Waals surface area contributed by atoms with E-state index in [9.17, 15) is 4.79 Å². The monoisotopic (exact) mass is 239 g/mol. The minimum Gasteiger partial charge on any atom is -0.397 e. The lowest BCUT2D eigenvalue weighted by Crippen LogP contribution is -2.23. The second kappa shape index (κ2) is 7.94. The SMILES string of the molecule is C=C(N)/C(NC/C=C/C(=O)NO)=C(/N)N=CC. The maximum Gasteiger partial charge on any atom is 0.267 e. The van der Waals surface area contributed by atoms with Gasteiger partial charge in [-0.15, -0.1) is 0 Å². The molecular formula is C10H17N5O2. The highest BCUT2D eigenvalue weighted by Crippen LogP contribution is 2.02. The van der Waals surface area contributed by atoms with Gasteiger partial charge >= 0.3 is 0 Å². The molecule has 0 rings (SSSR count). The van der Waals surface area contributed by atoms with E-state index in [1.807, 2.05) is 0 Å². The number of amides is 1. The van der Waals surface area contributed by atoms with Gasteiger partial charge in [-0.1, -0.05) is 12.7 Å². The number of nitrogens with two attached hydrogens (primary N) is 2. The summed E-state index contributed by atoms with van der Waals surface area (Å²) in [6.07, 6.45) is 4.16. The topological polar surface area (TPSA) is 126 Å². The Kier molecular flexibility index (Phi) is 6.88. The highest BCUT2D eigenvalue weighted by Gasteiger charge is 2.02. The minimum absolute atomic E-state index is 0.208. The van der Waals surface area contributed by atoms with Gasteiger partial charge < -0.3 is 16.8 Å². The molecule has 7 heteroatoms. The number of hydrogen-bond donors (Lipinski definition) is 5. The lowest BCUT2D eigenvalue weighted by Gasteiger charge is -2.09. The van der Waals surface area contributed by atoms with Gasteiger partial charge in [0.05, 0.1) is 11.4 Å². The molecule has 0 aromatic carbocycles. The van der Waals surface area contributed by atoms with Crippen LogP contribution in [0.3, 0.4) is 0 Å². The molecule has 0 aromatic heterocycles. The fourth-order valence-electron chi connectivity index (χ4n) is 0.936. The Labute approximate surface area is 99.5 Å². The van der Waals surface area contributed by atoms with E-state index in [2.05, 4.69) is 16.9 Å². The first-order valence-electron chi connectivity index (χ1n) is 4.80. The van der Waals surface area contributed by atoms with E-state index < -0.39 is 5.91 Å². The zero-order valence-electron chi connectivity index (χ0n) is 9.60. The summed E-state index contributed by atoms with van der Waals surface area (Å²) < 4.78 is 0. The molecule has 0 aliphatic carbocycles. The van der Waals surface area contributed by atoms with Crippen LogP contribution in [0.25, 0.3) is 0 Å². The Hall–Kier alpha value is -2.28. The summed E-state index contributed by atoms with van der Waals surface area (Å²) in [5.74, 6) is -0.413. The highest BCUT2D eigenvalue weighted by molar-refractivity contribution is 5.86. The van der Waals surface area contributed by atoms with Crippen molar-refractivity contribution < 1.29 is 10.0 Å². The molecule has 0 bridgehead atoms. The second-order valence-electron chi connectivity index (χ2n) is 2.93. The molecule has 0 fully saturated rings. The summed E-state index contributed by atoms with van der Waals surface area (Å²) >= 11 is 0. The molecule has 0 aromatic rings. The van der Waals surface area contributed by atoms with E-state index in [1.54, 1.807) is 6.92 Å². The van der Waals surface area contributed by atoms with Gasteiger partial charge in [-0.3, -0.25) is 10.0 Å². The maximum atomic E-state index is 10.6. The molecular weight excluding hydrogens is 222 g/mol. The van der Waals surface area contributed by atoms with Crippen LogP contribution in [0.4, 0.5) is 0 Å². The average Bonchev–Trinajstić information content (AvgIpc) is 2.28. The zero-order chi connectivity index (χ0) is 13.3. The number of aliphatic imine (C=N–C) groups is 1. The summed E-state index contributed by atoms with van der Waals surface area (Å²) in [6, 6.07) is 0. The molecule has 17 heavy (non-hydrogen) atoms. The quantitative estimate of drug-likeness (QED) is 0.138. The number of hydrogen-bond acceptors (Lipinski definition) is 6. The van der Waals surface area contributed by atoms with Crippen molar-refractivity contribution in [2.75, 3.05) is 6.54 Å². The van der Waals surface area contributed by atoms with Crippen molar-refractivity contribution in [2.24, 2.45) is 16.5 Å². The molecule has 94 valence electrons. The molecule has 1 amide bonds. The lowest BCUT2D eigenvalue weighted by atomic mass is 10.3. The summed E-state index contributed by atoms with van der Waals surface area (Å²) in [5.41, 5.74) is 13.3. The predicted molar refractivity (Wildman–Crippen MR) is 65.8 cm³/mol. The molecule has 0 saturated carbocycles. The number of nitrogens with one attached hydrogen (secondary N) is 2. The highest BCUT2D eigenvalue weighted by atomic mass is 16.5. The van der Waals surface area contributed by atoms with Crippen molar-refractivity contribution in [1.82, 2.24) is 10.8 Å². The van der Waals surface area contributed by atoms with Gasteiger partial charge in [0.25, 0.3) is 5.91 Å². The van der Waals surface area contributed by atoms with Crippen molar-refractivity contribution in [3.05, 3.63) is 35.9 Å². The third kappa shape index (κ3) is 6.00. The first-order valence-corrected chi connectivity index (χ1v) is 4.80. The molecule has 7 nitrogen and oxygen atoms in total. The first-order chi connectivity index (χ1) is 8.02. The Morgan fingerprint density at radius 1 is 1.53 bits per heavy atom. The van der Waals surface area contributed by atoms with Crippen LogP contribution in [0, 0.1) is 0 Å². The van der Waals surface area contributed by atoms with Gasteiger partial charge in [-0.25, -0.2) is 10.5 Å². The van der Waals surface area contributed by atoms with Gasteiger partial charge in [0.1, 0.15) is 5.82 Å². The smallest absolute Gasteiger partial charge is 0.267 e. The molecule has 0 aliphatic heterocycles. The number of hydroxylamine groups is 1. The Morgan fingerprint density at radius 2 is 2.18 bits per heavy atom. The molecule has 7 N–H and O–H groups in total. The van der Waals surface area contributed by atoms with Crippen LogP contribution in [0.2, 0.25) is 0 Å². The maximum absolute atomic E-state index is 10.6. The van der Waals surface area contributed by atoms with Crippen LogP contribution in [0.1, 0.15) is 6.92 Å². The van der Waals surface area contributed by atoms with Gasteiger partial charge in [0, 0.05) is 18.8 Å². The van der Waals surface area contributed by atoms with Gasteiger partial charge in [-0.2, -0.15) is 0 Å². The van der Waals surface area contributed by atoms with E-state index >= 15 is 0 Å². The van der Waals surface area contributed by atoms with E-state index in [-0.39, 0.29) is 11.5 Å². The fraction of sp³-hybridized carbons (Fsp3) is 0.200. The number of carbonyl (C=O) groups excluding carboxylic acids is 1. The molecule has 0 atom stereocenters. The molecule has 0 heterocycles. The molecule has 0 aliphatic rings. The molecule has 0 unspecified atom stereocenters. The fourth-order valence-corrected chi connectivity index (χ4v) is 0.936. The minimum atomic E-state index is -0.622. The Bertz CT molecular complexity index is 371. The normalized spacial score (nSPS) is 12.6. The Morgan fingerprint density at radius 3 is 2.65 bits per heavy atom. The van der Waals surface area contributed by atoms with Crippen molar-refractivity contribution in [3.63, 3.8) is 0 Å². The number of nitrogens with zero attached hydrogens (tertiary/aromatic N) is 1. The van der Waals surface area contributed by atoms with Crippen LogP contribution in [-0.2, 0) is 4.79 Å². The standard InChI is InChI=1S/C10H17N5O2/c1-3-13-10(12)9(7(2)11)14-6-4-5-8(16)15-17/h3-5,14,17H,2,6,11-12H2,1H3,(H,15,16)/b5-4+,10-9+,13-3?. The van der Waals surface area contributed by atoms with Crippen LogP contribution < -0.4 is 22.3 Å². The molecule has 0 spiro atoms. The Balaban J connectivity index is 4.50. The van der Waals surface area contributed by atoms with Crippen LogP contribution >= 0.6 is 0 Å². The van der Waals surface area contributed by atoms with E-state index in [0.29, 0.717) is 12.2 Å². The van der Waals surface area contributed by atoms with Crippen molar-refractivity contribution in [2.45, 2.75) is 6.92 Å². The van der Waals surface area contributed by atoms with Crippen LogP contribution in [0.5, 0.6) is 0 Å². The lowest BCUT2D eigenvalue weighted by molar-refractivity contribution is -0.124. The average molecular weight is 239 g/mol. The van der Waals surface area contributed by atoms with E-state index in [4.69, 9.17) is 16.7 Å². The van der Waals surface area contributed by atoms with Crippen molar-refractivity contribution in [3.8, 4) is 0 Å². The van der Waals surface area contributed by atoms with E-state index in [1.165, 1.54) is 17.8 Å². The summed E-state index contributed by atoms with van der Waals surface area (Å²) in [5, 5.41) is 11.1. The first kappa shape index (κ1) is 14.7. The number of rotatable bonds is 6.